The normalized spacial score (nSPS) is 12.3. The first-order valence-electron chi connectivity index (χ1n) is 14.0. The van der Waals surface area contributed by atoms with Gasteiger partial charge in [0.2, 0.25) is 23.6 Å². The lowest BCUT2D eigenvalue weighted by molar-refractivity contribution is -0.134. The number of pyridine rings is 1. The SMILES string of the molecule is NCCN(CCN)C(=O)CC(N)C(=O)NCC(=O)NC(CCCc1ccccc1)C(=O)Nc1cnc2ccccc2c1. The summed E-state index contributed by atoms with van der Waals surface area (Å²) in [7, 11) is 0. The fourth-order valence-corrected chi connectivity index (χ4v) is 4.42. The Morgan fingerprint density at radius 3 is 2.31 bits per heavy atom. The van der Waals surface area contributed by atoms with Crippen LogP contribution in [0.2, 0.25) is 0 Å². The number of carbonyl (C=O) groups excluding carboxylic acids is 4. The van der Waals surface area contributed by atoms with Gasteiger partial charge in [0, 0.05) is 31.6 Å². The Hall–Kier alpha value is -4.39. The molecule has 1 aromatic heterocycles. The highest BCUT2D eigenvalue weighted by Crippen LogP contribution is 2.17. The summed E-state index contributed by atoms with van der Waals surface area (Å²) in [5, 5.41) is 8.87. The number of hydrogen-bond donors (Lipinski definition) is 6. The van der Waals surface area contributed by atoms with Gasteiger partial charge in [0.15, 0.2) is 0 Å². The number of benzene rings is 2. The minimum Gasteiger partial charge on any atom is -0.346 e. The van der Waals surface area contributed by atoms with E-state index in [1.54, 1.807) is 6.20 Å². The number of amides is 4. The fourth-order valence-electron chi connectivity index (χ4n) is 4.42. The number of nitrogens with one attached hydrogen (secondary N) is 3. The van der Waals surface area contributed by atoms with Gasteiger partial charge in [-0.05, 0) is 37.0 Å². The fraction of sp³-hybridized carbons (Fsp3) is 0.367. The number of aromatic nitrogens is 1. The van der Waals surface area contributed by atoms with Crippen molar-refractivity contribution in [1.29, 1.82) is 0 Å². The number of aryl methyl sites for hydroxylation is 1. The van der Waals surface area contributed by atoms with Crippen molar-refractivity contribution in [2.75, 3.05) is 38.0 Å². The molecular weight excluding hydrogens is 536 g/mol. The molecule has 12 heteroatoms. The third kappa shape index (κ3) is 10.2. The van der Waals surface area contributed by atoms with Gasteiger partial charge < -0.3 is 38.1 Å². The highest BCUT2D eigenvalue weighted by Gasteiger charge is 2.24. The summed E-state index contributed by atoms with van der Waals surface area (Å²) in [5.41, 5.74) is 19.4. The largest absolute Gasteiger partial charge is 0.346 e. The standard InChI is InChI=1S/C30H40N8O4/c31-13-15-38(16-14-32)28(40)18-24(33)29(41)35-20-27(39)37-26(12-6-9-21-7-2-1-3-8-21)30(42)36-23-17-22-10-4-5-11-25(22)34-19-23/h1-5,7-8,10-11,17,19,24,26H,6,9,12-16,18,20,31-33H2,(H,35,41)(H,36,42)(H,37,39). The Morgan fingerprint density at radius 2 is 1.60 bits per heavy atom. The number of fused-ring (bicyclic) bond motifs is 1. The van der Waals surface area contributed by atoms with Gasteiger partial charge in [-0.2, -0.15) is 0 Å². The van der Waals surface area contributed by atoms with Crippen molar-refractivity contribution in [2.45, 2.75) is 37.8 Å². The lowest BCUT2D eigenvalue weighted by Crippen LogP contribution is -2.50. The van der Waals surface area contributed by atoms with Crippen LogP contribution in [-0.4, -0.2) is 78.3 Å². The Labute approximate surface area is 245 Å². The average molecular weight is 577 g/mol. The van der Waals surface area contributed by atoms with E-state index in [-0.39, 0.29) is 25.4 Å². The molecule has 224 valence electrons. The Kier molecular flexibility index (Phi) is 12.8. The van der Waals surface area contributed by atoms with Crippen molar-refractivity contribution in [3.63, 3.8) is 0 Å². The third-order valence-electron chi connectivity index (χ3n) is 6.62. The van der Waals surface area contributed by atoms with Crippen LogP contribution < -0.4 is 33.2 Å². The van der Waals surface area contributed by atoms with E-state index in [1.165, 1.54) is 4.90 Å². The van der Waals surface area contributed by atoms with E-state index in [9.17, 15) is 19.2 Å². The van der Waals surface area contributed by atoms with Gasteiger partial charge in [-0.3, -0.25) is 24.2 Å². The molecule has 0 aliphatic rings. The van der Waals surface area contributed by atoms with Gasteiger partial charge in [-0.25, -0.2) is 0 Å². The van der Waals surface area contributed by atoms with Crippen LogP contribution in [-0.2, 0) is 25.6 Å². The second-order valence-corrected chi connectivity index (χ2v) is 9.89. The molecule has 0 saturated carbocycles. The number of anilines is 1. The molecule has 1 heterocycles. The lowest BCUT2D eigenvalue weighted by Gasteiger charge is -2.23. The number of carbonyl (C=O) groups is 4. The topological polar surface area (TPSA) is 199 Å². The first-order valence-corrected chi connectivity index (χ1v) is 14.0. The Bertz CT molecular complexity index is 1330. The molecule has 4 amide bonds. The van der Waals surface area contributed by atoms with Crippen LogP contribution >= 0.6 is 0 Å². The first-order chi connectivity index (χ1) is 20.3. The van der Waals surface area contributed by atoms with Crippen LogP contribution in [0.3, 0.4) is 0 Å². The number of nitrogens with two attached hydrogens (primary N) is 3. The zero-order valence-corrected chi connectivity index (χ0v) is 23.6. The summed E-state index contributed by atoms with van der Waals surface area (Å²) in [6.07, 6.45) is 3.04. The third-order valence-corrected chi connectivity index (χ3v) is 6.62. The van der Waals surface area contributed by atoms with Crippen LogP contribution in [0.5, 0.6) is 0 Å². The average Bonchev–Trinajstić information content (AvgIpc) is 2.99. The maximum absolute atomic E-state index is 13.2. The van der Waals surface area contributed by atoms with E-state index >= 15 is 0 Å². The van der Waals surface area contributed by atoms with E-state index < -0.39 is 36.3 Å². The van der Waals surface area contributed by atoms with E-state index in [0.717, 1.165) is 22.9 Å². The van der Waals surface area contributed by atoms with Crippen LogP contribution in [0, 0.1) is 0 Å². The maximum atomic E-state index is 13.2. The number of para-hydroxylation sites is 1. The molecule has 2 unspecified atom stereocenters. The number of nitrogens with zero attached hydrogens (tertiary/aromatic N) is 2. The molecule has 3 rings (SSSR count). The molecule has 0 fully saturated rings. The van der Waals surface area contributed by atoms with Crippen LogP contribution in [0.4, 0.5) is 5.69 Å². The molecule has 3 aromatic rings. The summed E-state index contributed by atoms with van der Waals surface area (Å²) < 4.78 is 0. The molecule has 2 atom stereocenters. The van der Waals surface area contributed by atoms with Crippen LogP contribution in [0.25, 0.3) is 10.9 Å². The van der Waals surface area contributed by atoms with E-state index in [2.05, 4.69) is 20.9 Å². The van der Waals surface area contributed by atoms with Crippen molar-refractivity contribution in [3.8, 4) is 0 Å². The van der Waals surface area contributed by atoms with Crippen molar-refractivity contribution >= 4 is 40.2 Å². The number of hydrogen-bond acceptors (Lipinski definition) is 8. The zero-order chi connectivity index (χ0) is 30.3. The number of rotatable bonds is 16. The van der Waals surface area contributed by atoms with Crippen molar-refractivity contribution in [1.82, 2.24) is 20.5 Å². The minimum absolute atomic E-state index is 0.252. The van der Waals surface area contributed by atoms with Crippen LogP contribution in [0.15, 0.2) is 66.9 Å². The predicted octanol–water partition coefficient (Wildman–Crippen LogP) is 0.261. The summed E-state index contributed by atoms with van der Waals surface area (Å²) in [6.45, 7) is 0.706. The predicted molar refractivity (Wildman–Crippen MR) is 162 cm³/mol. The highest BCUT2D eigenvalue weighted by molar-refractivity contribution is 5.99. The smallest absolute Gasteiger partial charge is 0.246 e. The van der Waals surface area contributed by atoms with Crippen molar-refractivity contribution in [2.24, 2.45) is 17.2 Å². The van der Waals surface area contributed by atoms with E-state index in [0.29, 0.717) is 31.6 Å². The van der Waals surface area contributed by atoms with Crippen molar-refractivity contribution < 1.29 is 19.2 Å². The zero-order valence-electron chi connectivity index (χ0n) is 23.6. The lowest BCUT2D eigenvalue weighted by atomic mass is 10.0. The maximum Gasteiger partial charge on any atom is 0.246 e. The molecule has 12 nitrogen and oxygen atoms in total. The Morgan fingerprint density at radius 1 is 0.905 bits per heavy atom. The van der Waals surface area contributed by atoms with E-state index in [1.807, 2.05) is 60.7 Å². The van der Waals surface area contributed by atoms with Gasteiger partial charge in [-0.15, -0.1) is 0 Å². The molecule has 0 spiro atoms. The molecule has 9 N–H and O–H groups in total. The summed E-state index contributed by atoms with van der Waals surface area (Å²) >= 11 is 0. The molecule has 0 aliphatic carbocycles. The summed E-state index contributed by atoms with van der Waals surface area (Å²) in [5.74, 6) is -1.98. The molecule has 2 aromatic carbocycles. The van der Waals surface area contributed by atoms with Gasteiger partial charge in [-0.1, -0.05) is 48.5 Å². The van der Waals surface area contributed by atoms with Crippen LogP contribution in [0.1, 0.15) is 24.8 Å². The monoisotopic (exact) mass is 576 g/mol. The molecular formula is C30H40N8O4. The molecule has 0 radical (unpaired) electrons. The first kappa shape index (κ1) is 32.1. The second-order valence-electron chi connectivity index (χ2n) is 9.89. The molecule has 0 aliphatic heterocycles. The quantitative estimate of drug-likeness (QED) is 0.139. The minimum atomic E-state index is -1.16. The molecule has 42 heavy (non-hydrogen) atoms. The summed E-state index contributed by atoms with van der Waals surface area (Å²) in [4.78, 5) is 56.8. The van der Waals surface area contributed by atoms with Gasteiger partial charge in [0.05, 0.1) is 36.4 Å². The highest BCUT2D eigenvalue weighted by atomic mass is 16.2. The van der Waals surface area contributed by atoms with Gasteiger partial charge in [0.25, 0.3) is 0 Å². The summed E-state index contributed by atoms with van der Waals surface area (Å²) in [6, 6.07) is 17.2. The van der Waals surface area contributed by atoms with Crippen molar-refractivity contribution in [3.05, 3.63) is 72.4 Å². The van der Waals surface area contributed by atoms with Gasteiger partial charge in [0.1, 0.15) is 6.04 Å². The van der Waals surface area contributed by atoms with E-state index in [4.69, 9.17) is 17.2 Å². The van der Waals surface area contributed by atoms with Gasteiger partial charge >= 0.3 is 0 Å². The Balaban J connectivity index is 1.58. The molecule has 0 saturated heterocycles. The second kappa shape index (κ2) is 16.8. The molecule has 0 bridgehead atoms.